The first-order valence-corrected chi connectivity index (χ1v) is 3.32. The smallest absolute Gasteiger partial charge is 0.0676 e. The molecule has 1 aliphatic rings. The van der Waals surface area contributed by atoms with Gasteiger partial charge in [0.1, 0.15) is 0 Å². The summed E-state index contributed by atoms with van der Waals surface area (Å²) in [5.74, 6) is 0. The molecule has 2 heteroatoms. The summed E-state index contributed by atoms with van der Waals surface area (Å²) >= 11 is 0. The first kappa shape index (κ1) is 5.47. The van der Waals surface area contributed by atoms with Crippen LogP contribution in [0.5, 0.6) is 0 Å². The molecule has 1 aromatic heterocycles. The maximum atomic E-state index is 4.18. The first-order valence-electron chi connectivity index (χ1n) is 3.32. The van der Waals surface area contributed by atoms with Gasteiger partial charge in [0.2, 0.25) is 0 Å². The van der Waals surface area contributed by atoms with Gasteiger partial charge in [-0.05, 0) is 12.1 Å². The van der Waals surface area contributed by atoms with Crippen LogP contribution in [0.15, 0.2) is 35.6 Å². The van der Waals surface area contributed by atoms with Crippen LogP contribution in [0.3, 0.4) is 0 Å². The molecule has 2 heterocycles. The zero-order valence-corrected chi connectivity index (χ0v) is 5.54. The van der Waals surface area contributed by atoms with Crippen molar-refractivity contribution in [2.75, 3.05) is 0 Å². The molecule has 0 saturated carbocycles. The summed E-state index contributed by atoms with van der Waals surface area (Å²) in [5, 5.41) is 0. The lowest BCUT2D eigenvalue weighted by atomic mass is 10.2. The molecule has 0 unspecified atom stereocenters. The number of hydrogen-bond donors (Lipinski definition) is 1. The first-order chi connectivity index (χ1) is 4.97. The fourth-order valence-corrected chi connectivity index (χ4v) is 1.05. The van der Waals surface area contributed by atoms with Crippen LogP contribution in [0.2, 0.25) is 0 Å². The van der Waals surface area contributed by atoms with Crippen LogP contribution in [0.25, 0.3) is 0 Å². The molecule has 0 aromatic carbocycles. The Bertz CT molecular complexity index is 267. The van der Waals surface area contributed by atoms with Gasteiger partial charge in [-0.2, -0.15) is 0 Å². The number of hydrogen-bond acceptors (Lipinski definition) is 1. The van der Waals surface area contributed by atoms with E-state index in [1.165, 1.54) is 0 Å². The fourth-order valence-electron chi connectivity index (χ4n) is 1.05. The Morgan fingerprint density at radius 3 is 3.10 bits per heavy atom. The third-order valence-electron chi connectivity index (χ3n) is 1.56. The van der Waals surface area contributed by atoms with Crippen LogP contribution in [0.1, 0.15) is 12.1 Å². The van der Waals surface area contributed by atoms with Crippen molar-refractivity contribution in [3.63, 3.8) is 0 Å². The van der Waals surface area contributed by atoms with E-state index in [1.807, 2.05) is 24.5 Å². The van der Waals surface area contributed by atoms with E-state index < -0.39 is 0 Å². The Labute approximate surface area is 59.3 Å². The summed E-state index contributed by atoms with van der Waals surface area (Å²) < 4.78 is 0. The Morgan fingerprint density at radius 2 is 2.50 bits per heavy atom. The summed E-state index contributed by atoms with van der Waals surface area (Å²) in [6, 6.07) is 4.02. The predicted molar refractivity (Wildman–Crippen MR) is 41.1 cm³/mol. The standard InChI is InChI=1S/C8H8N2/c1-3-7(9-5-1)8-4-2-6-10-8/h1-3,5-6,9H,4H2. The molecule has 1 N–H and O–H groups in total. The van der Waals surface area contributed by atoms with Gasteiger partial charge >= 0.3 is 0 Å². The summed E-state index contributed by atoms with van der Waals surface area (Å²) in [6.45, 7) is 0. The lowest BCUT2D eigenvalue weighted by Gasteiger charge is -1.92. The average molecular weight is 132 g/mol. The number of allylic oxidation sites excluding steroid dienone is 1. The van der Waals surface area contributed by atoms with Gasteiger partial charge in [-0.25, -0.2) is 0 Å². The monoisotopic (exact) mass is 132 g/mol. The maximum absolute atomic E-state index is 4.18. The zero-order valence-electron chi connectivity index (χ0n) is 5.54. The minimum atomic E-state index is 0.959. The summed E-state index contributed by atoms with van der Waals surface area (Å²) in [6.07, 6.45) is 6.77. The molecule has 0 saturated heterocycles. The van der Waals surface area contributed by atoms with E-state index in [2.05, 4.69) is 16.1 Å². The highest BCUT2D eigenvalue weighted by Gasteiger charge is 2.03. The van der Waals surface area contributed by atoms with E-state index in [0.717, 1.165) is 17.8 Å². The Hall–Kier alpha value is -1.31. The number of rotatable bonds is 1. The van der Waals surface area contributed by atoms with E-state index in [9.17, 15) is 0 Å². The van der Waals surface area contributed by atoms with Gasteiger partial charge < -0.3 is 4.98 Å². The van der Waals surface area contributed by atoms with Gasteiger partial charge in [0.15, 0.2) is 0 Å². The van der Waals surface area contributed by atoms with Crippen LogP contribution in [-0.4, -0.2) is 10.7 Å². The van der Waals surface area contributed by atoms with Crippen LogP contribution < -0.4 is 0 Å². The number of aliphatic imine (C=N–C) groups is 1. The van der Waals surface area contributed by atoms with Crippen molar-refractivity contribution >= 4 is 5.71 Å². The lowest BCUT2D eigenvalue weighted by Crippen LogP contribution is -1.95. The van der Waals surface area contributed by atoms with E-state index in [1.54, 1.807) is 0 Å². The molecule has 2 nitrogen and oxygen atoms in total. The van der Waals surface area contributed by atoms with Crippen molar-refractivity contribution in [2.24, 2.45) is 4.99 Å². The summed E-state index contributed by atoms with van der Waals surface area (Å²) in [7, 11) is 0. The van der Waals surface area contributed by atoms with E-state index in [0.29, 0.717) is 0 Å². The van der Waals surface area contributed by atoms with Gasteiger partial charge in [0.25, 0.3) is 0 Å². The van der Waals surface area contributed by atoms with E-state index in [-0.39, 0.29) is 0 Å². The van der Waals surface area contributed by atoms with Crippen molar-refractivity contribution in [3.05, 3.63) is 36.3 Å². The van der Waals surface area contributed by atoms with Crippen LogP contribution in [-0.2, 0) is 0 Å². The van der Waals surface area contributed by atoms with Crippen molar-refractivity contribution in [2.45, 2.75) is 6.42 Å². The highest BCUT2D eigenvalue weighted by molar-refractivity contribution is 6.01. The number of H-pyrrole nitrogens is 1. The van der Waals surface area contributed by atoms with Gasteiger partial charge in [0.05, 0.1) is 11.4 Å². The largest absolute Gasteiger partial charge is 0.360 e. The molecular formula is C8H8N2. The van der Waals surface area contributed by atoms with Crippen molar-refractivity contribution in [3.8, 4) is 0 Å². The Balaban J connectivity index is 2.30. The SMILES string of the molecule is C1=CN=C(c2ccc[nH]2)C1. The number of nitrogens with one attached hydrogen (secondary N) is 1. The number of nitrogens with zero attached hydrogens (tertiary/aromatic N) is 1. The molecule has 0 spiro atoms. The van der Waals surface area contributed by atoms with Crippen molar-refractivity contribution < 1.29 is 0 Å². The molecule has 0 bridgehead atoms. The topological polar surface area (TPSA) is 28.1 Å². The van der Waals surface area contributed by atoms with Gasteiger partial charge in [-0.3, -0.25) is 4.99 Å². The van der Waals surface area contributed by atoms with Gasteiger partial charge in [-0.15, -0.1) is 0 Å². The second kappa shape index (κ2) is 2.14. The summed E-state index contributed by atoms with van der Waals surface area (Å²) in [4.78, 5) is 7.29. The molecular weight excluding hydrogens is 124 g/mol. The normalized spacial score (nSPS) is 15.8. The quantitative estimate of drug-likeness (QED) is 0.602. The second-order valence-electron chi connectivity index (χ2n) is 2.25. The van der Waals surface area contributed by atoms with Crippen molar-refractivity contribution in [1.29, 1.82) is 0 Å². The molecule has 2 rings (SSSR count). The van der Waals surface area contributed by atoms with E-state index >= 15 is 0 Å². The van der Waals surface area contributed by atoms with Crippen LogP contribution in [0, 0.1) is 0 Å². The summed E-state index contributed by atoms with van der Waals surface area (Å²) in [5.41, 5.74) is 2.26. The van der Waals surface area contributed by atoms with E-state index in [4.69, 9.17) is 0 Å². The zero-order chi connectivity index (χ0) is 6.81. The Morgan fingerprint density at radius 1 is 1.50 bits per heavy atom. The number of aromatic nitrogens is 1. The highest BCUT2D eigenvalue weighted by Crippen LogP contribution is 2.07. The van der Waals surface area contributed by atoms with Gasteiger partial charge in [-0.1, -0.05) is 6.08 Å². The molecule has 1 aromatic rings. The maximum Gasteiger partial charge on any atom is 0.0676 e. The lowest BCUT2D eigenvalue weighted by molar-refractivity contribution is 1.34. The molecule has 1 aliphatic heterocycles. The molecule has 0 aliphatic carbocycles. The third kappa shape index (κ3) is 0.778. The molecule has 0 atom stereocenters. The third-order valence-corrected chi connectivity index (χ3v) is 1.56. The fraction of sp³-hybridized carbons (Fsp3) is 0.125. The molecule has 0 amide bonds. The second-order valence-corrected chi connectivity index (χ2v) is 2.25. The van der Waals surface area contributed by atoms with Crippen LogP contribution in [0.4, 0.5) is 0 Å². The van der Waals surface area contributed by atoms with Gasteiger partial charge in [0, 0.05) is 18.8 Å². The molecule has 10 heavy (non-hydrogen) atoms. The highest BCUT2D eigenvalue weighted by atomic mass is 14.8. The Kier molecular flexibility index (Phi) is 1.17. The minimum absolute atomic E-state index is 0.959. The minimum Gasteiger partial charge on any atom is -0.360 e. The number of aromatic amines is 1. The van der Waals surface area contributed by atoms with Crippen molar-refractivity contribution in [1.82, 2.24) is 4.98 Å². The molecule has 50 valence electrons. The molecule has 0 fully saturated rings. The molecule has 0 radical (unpaired) electrons. The average Bonchev–Trinajstić information content (AvgIpc) is 2.59. The predicted octanol–water partition coefficient (Wildman–Crippen LogP) is 1.72. The van der Waals surface area contributed by atoms with Crippen LogP contribution >= 0.6 is 0 Å².